The van der Waals surface area contributed by atoms with E-state index in [4.69, 9.17) is 18.3 Å². The Hall–Kier alpha value is -2.74. The molecule has 4 rings (SSSR count). The van der Waals surface area contributed by atoms with Gasteiger partial charge in [-0.15, -0.1) is 10.2 Å². The summed E-state index contributed by atoms with van der Waals surface area (Å²) in [4.78, 5) is 12.3. The number of Topliss-reactive ketones (excluding diaryl/α,β-unsaturated/α-hetero) is 1. The molecule has 1 aromatic carbocycles. The number of aromatic nitrogens is 2. The van der Waals surface area contributed by atoms with E-state index in [0.29, 0.717) is 41.3 Å². The smallest absolute Gasteiger partial charge is 0.284 e. The van der Waals surface area contributed by atoms with E-state index < -0.39 is 0 Å². The van der Waals surface area contributed by atoms with Crippen molar-refractivity contribution in [2.24, 2.45) is 0 Å². The largest absolute Gasteiger partial charge is 0.486 e. The topological polar surface area (TPSA) is 87.6 Å². The third-order valence-electron chi connectivity index (χ3n) is 3.33. The van der Waals surface area contributed by atoms with E-state index >= 15 is 0 Å². The number of carbonyl (C=O) groups excluding carboxylic acids is 1. The van der Waals surface area contributed by atoms with E-state index in [1.165, 1.54) is 18.0 Å². The van der Waals surface area contributed by atoms with E-state index in [1.807, 2.05) is 0 Å². The third kappa shape index (κ3) is 3.00. The number of rotatable bonds is 5. The summed E-state index contributed by atoms with van der Waals surface area (Å²) in [7, 11) is 0. The Bertz CT molecular complexity index is 859. The molecule has 0 N–H and O–H groups in total. The molecule has 1 aliphatic heterocycles. The van der Waals surface area contributed by atoms with E-state index in [2.05, 4.69) is 10.2 Å². The highest BCUT2D eigenvalue weighted by atomic mass is 32.2. The van der Waals surface area contributed by atoms with Gasteiger partial charge in [0.15, 0.2) is 23.0 Å². The summed E-state index contributed by atoms with van der Waals surface area (Å²) < 4.78 is 21.6. The molecule has 8 heteroatoms. The summed E-state index contributed by atoms with van der Waals surface area (Å²) in [5.41, 5.74) is 0.553. The number of hydrogen-bond donors (Lipinski definition) is 0. The number of carbonyl (C=O) groups is 1. The Labute approximate surface area is 141 Å². The first-order chi connectivity index (χ1) is 11.8. The maximum Gasteiger partial charge on any atom is 0.284 e. The Kier molecular flexibility index (Phi) is 3.96. The molecule has 0 spiro atoms. The summed E-state index contributed by atoms with van der Waals surface area (Å²) in [6.07, 6.45) is 1.53. The van der Waals surface area contributed by atoms with E-state index in [9.17, 15) is 4.79 Å². The number of benzene rings is 1. The zero-order valence-electron chi connectivity index (χ0n) is 12.4. The second-order valence-corrected chi connectivity index (χ2v) is 5.85. The predicted molar refractivity (Wildman–Crippen MR) is 84.5 cm³/mol. The maximum atomic E-state index is 12.3. The third-order valence-corrected chi connectivity index (χ3v) is 4.15. The number of thioether (sulfide) groups is 1. The minimum absolute atomic E-state index is 0.0604. The highest BCUT2D eigenvalue weighted by molar-refractivity contribution is 7.99. The first-order valence-electron chi connectivity index (χ1n) is 7.22. The molecule has 0 amide bonds. The van der Waals surface area contributed by atoms with Gasteiger partial charge in [-0.3, -0.25) is 4.79 Å². The SMILES string of the molecule is O=C(CSc1nnc(-c2ccco2)o1)c1ccc2c(c1)OCCO2. The molecular formula is C16H12N2O5S. The molecule has 0 fully saturated rings. The van der Waals surface area contributed by atoms with Crippen LogP contribution < -0.4 is 9.47 Å². The molecule has 3 heterocycles. The lowest BCUT2D eigenvalue weighted by Crippen LogP contribution is -2.16. The molecule has 0 aliphatic carbocycles. The molecule has 0 saturated carbocycles. The Morgan fingerprint density at radius 1 is 1.12 bits per heavy atom. The lowest BCUT2D eigenvalue weighted by Gasteiger charge is -2.18. The van der Waals surface area contributed by atoms with Gasteiger partial charge in [0.05, 0.1) is 12.0 Å². The summed E-state index contributed by atoms with van der Waals surface area (Å²) in [5, 5.41) is 8.10. The minimum atomic E-state index is -0.0604. The van der Waals surface area contributed by atoms with Gasteiger partial charge in [-0.2, -0.15) is 0 Å². The molecule has 7 nitrogen and oxygen atoms in total. The Morgan fingerprint density at radius 2 is 2.00 bits per heavy atom. The van der Waals surface area contributed by atoms with Crippen LogP contribution in [-0.4, -0.2) is 34.9 Å². The van der Waals surface area contributed by atoms with Crippen molar-refractivity contribution < 1.29 is 23.1 Å². The number of hydrogen-bond acceptors (Lipinski definition) is 8. The summed E-state index contributed by atoms with van der Waals surface area (Å²) in [6.45, 7) is 1.00. The average molecular weight is 344 g/mol. The molecule has 0 atom stereocenters. The van der Waals surface area contributed by atoms with E-state index in [0.717, 1.165) is 0 Å². The van der Waals surface area contributed by atoms with Crippen molar-refractivity contribution in [2.45, 2.75) is 5.22 Å². The summed E-state index contributed by atoms with van der Waals surface area (Å²) in [6, 6.07) is 8.62. The summed E-state index contributed by atoms with van der Waals surface area (Å²) in [5.74, 6) is 2.15. The fourth-order valence-corrected chi connectivity index (χ4v) is 2.85. The van der Waals surface area contributed by atoms with Crippen molar-refractivity contribution in [3.8, 4) is 23.1 Å². The van der Waals surface area contributed by atoms with Crippen LogP contribution in [0.1, 0.15) is 10.4 Å². The van der Waals surface area contributed by atoms with Crippen LogP contribution in [0.15, 0.2) is 50.7 Å². The van der Waals surface area contributed by atoms with Crippen molar-refractivity contribution >= 4 is 17.5 Å². The normalized spacial score (nSPS) is 13.0. The molecule has 0 bridgehead atoms. The van der Waals surface area contributed by atoms with Gasteiger partial charge >= 0.3 is 0 Å². The first kappa shape index (κ1) is 14.8. The highest BCUT2D eigenvalue weighted by Gasteiger charge is 2.17. The maximum absolute atomic E-state index is 12.3. The van der Waals surface area contributed by atoms with Crippen molar-refractivity contribution in [3.63, 3.8) is 0 Å². The van der Waals surface area contributed by atoms with Gasteiger partial charge < -0.3 is 18.3 Å². The van der Waals surface area contributed by atoms with E-state index in [-0.39, 0.29) is 17.4 Å². The summed E-state index contributed by atoms with van der Waals surface area (Å²) >= 11 is 1.18. The highest BCUT2D eigenvalue weighted by Crippen LogP contribution is 2.31. The van der Waals surface area contributed by atoms with Crippen LogP contribution >= 0.6 is 11.8 Å². The molecule has 24 heavy (non-hydrogen) atoms. The minimum Gasteiger partial charge on any atom is -0.486 e. The van der Waals surface area contributed by atoms with Gasteiger partial charge in [-0.1, -0.05) is 11.8 Å². The van der Waals surface area contributed by atoms with Gasteiger partial charge in [0.1, 0.15) is 13.2 Å². The number of ketones is 1. The molecule has 0 radical (unpaired) electrons. The zero-order chi connectivity index (χ0) is 16.4. The quantitative estimate of drug-likeness (QED) is 0.515. The fourth-order valence-electron chi connectivity index (χ4n) is 2.20. The Morgan fingerprint density at radius 3 is 2.83 bits per heavy atom. The lowest BCUT2D eigenvalue weighted by molar-refractivity contribution is 0.102. The lowest BCUT2D eigenvalue weighted by atomic mass is 10.1. The number of furan rings is 1. The van der Waals surface area contributed by atoms with Crippen molar-refractivity contribution in [2.75, 3.05) is 19.0 Å². The van der Waals surface area contributed by atoms with Crippen LogP contribution in [0.4, 0.5) is 0 Å². The second kappa shape index (κ2) is 6.40. The van der Waals surface area contributed by atoms with Crippen LogP contribution in [0.5, 0.6) is 11.5 Å². The van der Waals surface area contributed by atoms with Gasteiger partial charge in [0.2, 0.25) is 0 Å². The molecule has 0 saturated heterocycles. The molecule has 0 unspecified atom stereocenters. The average Bonchev–Trinajstić information content (AvgIpc) is 3.30. The van der Waals surface area contributed by atoms with Crippen LogP contribution in [0.25, 0.3) is 11.7 Å². The molecule has 3 aromatic rings. The molecule has 122 valence electrons. The fraction of sp³-hybridized carbons (Fsp3) is 0.188. The predicted octanol–water partition coefficient (Wildman–Crippen LogP) is 3.08. The van der Waals surface area contributed by atoms with Crippen LogP contribution in [0.3, 0.4) is 0 Å². The monoisotopic (exact) mass is 344 g/mol. The number of ether oxygens (including phenoxy) is 2. The standard InChI is InChI=1S/C16H12N2O5S/c19-11(10-3-4-12-14(8-10)22-7-6-21-12)9-24-16-18-17-15(23-16)13-2-1-5-20-13/h1-5,8H,6-7,9H2. The van der Waals surface area contributed by atoms with Crippen LogP contribution in [0.2, 0.25) is 0 Å². The first-order valence-corrected chi connectivity index (χ1v) is 8.21. The van der Waals surface area contributed by atoms with E-state index in [1.54, 1.807) is 30.3 Å². The van der Waals surface area contributed by atoms with Crippen LogP contribution in [-0.2, 0) is 0 Å². The van der Waals surface area contributed by atoms with Crippen molar-refractivity contribution in [3.05, 3.63) is 42.2 Å². The molecular weight excluding hydrogens is 332 g/mol. The second-order valence-electron chi connectivity index (χ2n) is 4.92. The molecule has 2 aromatic heterocycles. The van der Waals surface area contributed by atoms with Gasteiger partial charge in [-0.05, 0) is 30.3 Å². The van der Waals surface area contributed by atoms with Gasteiger partial charge in [-0.25, -0.2) is 0 Å². The van der Waals surface area contributed by atoms with Crippen molar-refractivity contribution in [1.29, 1.82) is 0 Å². The van der Waals surface area contributed by atoms with Crippen molar-refractivity contribution in [1.82, 2.24) is 10.2 Å². The van der Waals surface area contributed by atoms with Gasteiger partial charge in [0.25, 0.3) is 11.1 Å². The molecule has 1 aliphatic rings. The van der Waals surface area contributed by atoms with Gasteiger partial charge in [0, 0.05) is 5.56 Å². The van der Waals surface area contributed by atoms with Crippen LogP contribution in [0, 0.1) is 0 Å². The Balaban J connectivity index is 1.41. The zero-order valence-corrected chi connectivity index (χ0v) is 13.2. The number of nitrogens with zero attached hydrogens (tertiary/aromatic N) is 2. The number of fused-ring (bicyclic) bond motifs is 1.